The molecule has 0 atom stereocenters. The summed E-state index contributed by atoms with van der Waals surface area (Å²) in [7, 11) is 0. The standard InChI is InChI=1S/C22H29N3O/c1-2-3-4-5-11-16-24-20-14-9-10-15-21(20)25(22(24)23)17-18-26-19-12-7-6-8-13-19/h6-10,12-15,23H,2-5,11,16-18H2,1H3. The van der Waals surface area contributed by atoms with Gasteiger partial charge in [0.25, 0.3) is 0 Å². The molecule has 0 saturated carbocycles. The highest BCUT2D eigenvalue weighted by molar-refractivity contribution is 5.75. The first-order valence-corrected chi connectivity index (χ1v) is 9.71. The molecule has 0 bridgehead atoms. The zero-order valence-electron chi connectivity index (χ0n) is 15.7. The number of unbranched alkanes of at least 4 members (excludes halogenated alkanes) is 4. The molecule has 1 aromatic heterocycles. The van der Waals surface area contributed by atoms with Crippen LogP contribution in [0.2, 0.25) is 0 Å². The number of aryl methyl sites for hydroxylation is 1. The van der Waals surface area contributed by atoms with Gasteiger partial charge in [0.15, 0.2) is 0 Å². The van der Waals surface area contributed by atoms with Crippen LogP contribution < -0.4 is 10.4 Å². The highest BCUT2D eigenvalue weighted by Gasteiger charge is 2.10. The van der Waals surface area contributed by atoms with Crippen molar-refractivity contribution in [3.05, 3.63) is 60.2 Å². The molecule has 1 N–H and O–H groups in total. The molecule has 1 heterocycles. The summed E-state index contributed by atoms with van der Waals surface area (Å²) in [6.45, 7) is 4.39. The Balaban J connectivity index is 1.71. The van der Waals surface area contributed by atoms with Gasteiger partial charge in [0.1, 0.15) is 12.4 Å². The number of benzene rings is 2. The van der Waals surface area contributed by atoms with Crippen LogP contribution in [0.15, 0.2) is 54.6 Å². The molecule has 0 aliphatic heterocycles. The SMILES string of the molecule is CCCCCCCn1c(=N)n(CCOc2ccccc2)c2ccccc21. The molecule has 2 aromatic carbocycles. The summed E-state index contributed by atoms with van der Waals surface area (Å²) in [4.78, 5) is 0. The van der Waals surface area contributed by atoms with Crippen LogP contribution in [0.3, 0.4) is 0 Å². The van der Waals surface area contributed by atoms with Gasteiger partial charge in [-0.1, -0.05) is 62.9 Å². The Morgan fingerprint density at radius 3 is 2.08 bits per heavy atom. The Hall–Kier alpha value is -2.49. The largest absolute Gasteiger partial charge is 0.492 e. The van der Waals surface area contributed by atoms with Gasteiger partial charge < -0.3 is 13.9 Å². The van der Waals surface area contributed by atoms with Gasteiger partial charge >= 0.3 is 0 Å². The number of nitrogens with one attached hydrogen (secondary N) is 1. The summed E-state index contributed by atoms with van der Waals surface area (Å²) in [5.74, 6) is 0.874. The molecule has 0 aliphatic rings. The van der Waals surface area contributed by atoms with Crippen molar-refractivity contribution >= 4 is 11.0 Å². The number of hydrogen-bond acceptors (Lipinski definition) is 2. The number of rotatable bonds is 10. The maximum atomic E-state index is 8.64. The zero-order valence-corrected chi connectivity index (χ0v) is 15.7. The van der Waals surface area contributed by atoms with Crippen LogP contribution >= 0.6 is 0 Å². The Morgan fingerprint density at radius 1 is 0.769 bits per heavy atom. The van der Waals surface area contributed by atoms with E-state index >= 15 is 0 Å². The molecule has 0 unspecified atom stereocenters. The molecule has 0 fully saturated rings. The second-order valence-corrected chi connectivity index (χ2v) is 6.69. The van der Waals surface area contributed by atoms with Gasteiger partial charge in [-0.15, -0.1) is 0 Å². The minimum atomic E-state index is 0.561. The van der Waals surface area contributed by atoms with Crippen molar-refractivity contribution < 1.29 is 4.74 Å². The molecule has 3 rings (SSSR count). The summed E-state index contributed by atoms with van der Waals surface area (Å²) in [5, 5.41) is 8.64. The molecule has 0 aliphatic carbocycles. The molecule has 0 radical (unpaired) electrons. The maximum absolute atomic E-state index is 8.64. The number of nitrogens with zero attached hydrogens (tertiary/aromatic N) is 2. The van der Waals surface area contributed by atoms with Crippen molar-refractivity contribution in [3.8, 4) is 5.75 Å². The molecule has 3 aromatic rings. The maximum Gasteiger partial charge on any atom is 0.203 e. The Kier molecular flexibility index (Phi) is 6.53. The summed E-state index contributed by atoms with van der Waals surface area (Å²) in [6, 6.07) is 18.2. The van der Waals surface area contributed by atoms with Gasteiger partial charge in [-0.3, -0.25) is 5.41 Å². The van der Waals surface area contributed by atoms with Crippen molar-refractivity contribution in [3.63, 3.8) is 0 Å². The van der Waals surface area contributed by atoms with Crippen LogP contribution in [0.4, 0.5) is 0 Å². The highest BCUT2D eigenvalue weighted by Crippen LogP contribution is 2.15. The molecule has 0 saturated heterocycles. The van der Waals surface area contributed by atoms with E-state index in [0.29, 0.717) is 18.8 Å². The second kappa shape index (κ2) is 9.27. The Morgan fingerprint density at radius 2 is 1.38 bits per heavy atom. The summed E-state index contributed by atoms with van der Waals surface area (Å²) in [5.41, 5.74) is 2.83. The third kappa shape index (κ3) is 4.37. The number of imidazole rings is 1. The van der Waals surface area contributed by atoms with Gasteiger partial charge in [0.2, 0.25) is 5.62 Å². The lowest BCUT2D eigenvalue weighted by atomic mass is 10.1. The molecule has 0 amide bonds. The van der Waals surface area contributed by atoms with Crippen molar-refractivity contribution in [1.82, 2.24) is 9.13 Å². The van der Waals surface area contributed by atoms with Crippen LogP contribution in [-0.2, 0) is 13.1 Å². The van der Waals surface area contributed by atoms with E-state index in [1.54, 1.807) is 0 Å². The topological polar surface area (TPSA) is 42.9 Å². The predicted octanol–water partition coefficient (Wildman–Crippen LogP) is 4.97. The van der Waals surface area contributed by atoms with Crippen LogP contribution in [0.25, 0.3) is 11.0 Å². The van der Waals surface area contributed by atoms with Crippen LogP contribution in [0.5, 0.6) is 5.75 Å². The first-order valence-electron chi connectivity index (χ1n) is 9.71. The third-order valence-electron chi connectivity index (χ3n) is 4.79. The van der Waals surface area contributed by atoms with E-state index in [1.165, 1.54) is 25.7 Å². The predicted molar refractivity (Wildman–Crippen MR) is 106 cm³/mol. The average Bonchev–Trinajstić information content (AvgIpc) is 2.94. The fraction of sp³-hybridized carbons (Fsp3) is 0.409. The molecule has 4 heteroatoms. The minimum absolute atomic E-state index is 0.561. The van der Waals surface area contributed by atoms with Gasteiger partial charge in [-0.25, -0.2) is 0 Å². The van der Waals surface area contributed by atoms with Crippen molar-refractivity contribution in [1.29, 1.82) is 5.41 Å². The molecule has 4 nitrogen and oxygen atoms in total. The average molecular weight is 351 g/mol. The Bertz CT molecular complexity index is 864. The molecular formula is C22H29N3O. The fourth-order valence-corrected chi connectivity index (χ4v) is 3.39. The number of fused-ring (bicyclic) bond motifs is 1. The minimum Gasteiger partial charge on any atom is -0.492 e. The van der Waals surface area contributed by atoms with E-state index < -0.39 is 0 Å². The normalized spacial score (nSPS) is 11.1. The lowest BCUT2D eigenvalue weighted by molar-refractivity contribution is 0.296. The van der Waals surface area contributed by atoms with Gasteiger partial charge in [-0.2, -0.15) is 0 Å². The lowest BCUT2D eigenvalue weighted by Crippen LogP contribution is -2.26. The molecule has 26 heavy (non-hydrogen) atoms. The summed E-state index contributed by atoms with van der Waals surface area (Å²) in [6.07, 6.45) is 6.21. The summed E-state index contributed by atoms with van der Waals surface area (Å²) < 4.78 is 10.0. The fourth-order valence-electron chi connectivity index (χ4n) is 3.39. The quantitative estimate of drug-likeness (QED) is 0.515. The van der Waals surface area contributed by atoms with E-state index in [4.69, 9.17) is 10.1 Å². The smallest absolute Gasteiger partial charge is 0.203 e. The van der Waals surface area contributed by atoms with E-state index in [9.17, 15) is 0 Å². The van der Waals surface area contributed by atoms with E-state index in [1.807, 2.05) is 36.4 Å². The second-order valence-electron chi connectivity index (χ2n) is 6.69. The van der Waals surface area contributed by atoms with E-state index in [-0.39, 0.29) is 0 Å². The first-order chi connectivity index (χ1) is 12.8. The summed E-state index contributed by atoms with van der Waals surface area (Å²) >= 11 is 0. The van der Waals surface area contributed by atoms with Crippen molar-refractivity contribution in [2.24, 2.45) is 0 Å². The van der Waals surface area contributed by atoms with Crippen LogP contribution in [0, 0.1) is 5.41 Å². The number of para-hydroxylation sites is 3. The Labute approximate surface area is 155 Å². The van der Waals surface area contributed by atoms with E-state index in [0.717, 1.165) is 29.7 Å². The van der Waals surface area contributed by atoms with E-state index in [2.05, 4.69) is 34.3 Å². The molecule has 0 spiro atoms. The number of ether oxygens (including phenoxy) is 1. The number of hydrogen-bond donors (Lipinski definition) is 1. The first kappa shape index (κ1) is 18.3. The van der Waals surface area contributed by atoms with Crippen LogP contribution in [-0.4, -0.2) is 15.7 Å². The molecule has 138 valence electrons. The zero-order chi connectivity index (χ0) is 18.2. The monoisotopic (exact) mass is 351 g/mol. The molecular weight excluding hydrogens is 322 g/mol. The van der Waals surface area contributed by atoms with Crippen molar-refractivity contribution in [2.45, 2.75) is 52.1 Å². The van der Waals surface area contributed by atoms with Gasteiger partial charge in [-0.05, 0) is 30.7 Å². The lowest BCUT2D eigenvalue weighted by Gasteiger charge is -2.08. The van der Waals surface area contributed by atoms with Crippen molar-refractivity contribution in [2.75, 3.05) is 6.61 Å². The number of aromatic nitrogens is 2. The van der Waals surface area contributed by atoms with Gasteiger partial charge in [0, 0.05) is 6.54 Å². The third-order valence-corrected chi connectivity index (χ3v) is 4.79. The van der Waals surface area contributed by atoms with Crippen LogP contribution in [0.1, 0.15) is 39.0 Å². The highest BCUT2D eigenvalue weighted by atomic mass is 16.5. The van der Waals surface area contributed by atoms with Gasteiger partial charge in [0.05, 0.1) is 17.6 Å².